The summed E-state index contributed by atoms with van der Waals surface area (Å²) in [5, 5.41) is 22.6. The molecule has 1 aliphatic heterocycles. The standard InChI is InChI=1S/C16H13N7O.C12H16BN3O2.C10H9BrN4O.C9H4/c24-16(20-11-4-5-11)14-15(23-13(21-14)2-1-7-18-23)10-3-6-12-17-9-19-22(12)8-10;1-11(2)12(3,4)18-13(17-11)9-5-6-10-14-8-15-16(10)7-9;11-9-8(10(16)13-6-3-4-6)14-7-2-1-5-12-15(7)9;1-3-5-7-9-8-6-4-2/h1-3,6-9,11H,4-5H2,(H,20,24);5-8H,1-4H3;1-2,5-6H,3-4H2,(H,13,16);1H,2H3. The molecule has 0 bridgehead atoms. The number of carbonyl (C=O) groups excluding carboxylic acids is 2. The van der Waals surface area contributed by atoms with Crippen molar-refractivity contribution in [2.45, 2.75) is 83.6 Å². The van der Waals surface area contributed by atoms with Crippen LogP contribution in [-0.4, -0.2) is 101 Å². The molecule has 0 radical (unpaired) electrons. The number of halogens is 1. The highest BCUT2D eigenvalue weighted by Crippen LogP contribution is 2.36. The van der Waals surface area contributed by atoms with Gasteiger partial charge in [0.05, 0.1) is 11.2 Å². The molecule has 0 aromatic carbocycles. The van der Waals surface area contributed by atoms with E-state index >= 15 is 0 Å². The Morgan fingerprint density at radius 1 is 0.701 bits per heavy atom. The van der Waals surface area contributed by atoms with Crippen molar-refractivity contribution < 1.29 is 18.9 Å². The van der Waals surface area contributed by atoms with Gasteiger partial charge in [-0.15, -0.1) is 6.42 Å². The maximum absolute atomic E-state index is 12.6. The van der Waals surface area contributed by atoms with Gasteiger partial charge in [-0.05, 0) is 154 Å². The van der Waals surface area contributed by atoms with Gasteiger partial charge in [-0.25, -0.2) is 38.0 Å². The van der Waals surface area contributed by atoms with E-state index in [1.54, 1.807) is 49.5 Å². The summed E-state index contributed by atoms with van der Waals surface area (Å²) < 4.78 is 19.3. The first-order chi connectivity index (χ1) is 32.4. The monoisotopic (exact) mass is 956 g/mol. The number of rotatable bonds is 6. The van der Waals surface area contributed by atoms with Crippen LogP contribution >= 0.6 is 15.9 Å². The van der Waals surface area contributed by atoms with Gasteiger partial charge in [0.1, 0.15) is 23.0 Å². The summed E-state index contributed by atoms with van der Waals surface area (Å²) in [5.74, 6) is 16.7. The summed E-state index contributed by atoms with van der Waals surface area (Å²) in [6.45, 7) is 9.88. The number of amides is 2. The number of nitrogens with one attached hydrogen (secondary N) is 2. The average Bonchev–Trinajstić information content (AvgIpc) is 4.05. The second kappa shape index (κ2) is 19.7. The number of nitrogens with zero attached hydrogens (tertiary/aromatic N) is 12. The highest BCUT2D eigenvalue weighted by atomic mass is 79.9. The molecule has 20 heteroatoms. The van der Waals surface area contributed by atoms with Gasteiger partial charge in [0.15, 0.2) is 34.0 Å². The summed E-state index contributed by atoms with van der Waals surface area (Å²) in [4.78, 5) is 41.4. The number of hydrogen-bond donors (Lipinski definition) is 2. The molecular formula is C47H42BBrN14O4. The number of imidazole rings is 2. The lowest BCUT2D eigenvalue weighted by Crippen LogP contribution is -2.41. The zero-order valence-corrected chi connectivity index (χ0v) is 38.7. The lowest BCUT2D eigenvalue weighted by Gasteiger charge is -2.32. The molecule has 2 aliphatic carbocycles. The van der Waals surface area contributed by atoms with Crippen molar-refractivity contribution in [3.8, 4) is 59.1 Å². The molecule has 0 unspecified atom stereocenters. The number of carbonyl (C=O) groups is 2. The van der Waals surface area contributed by atoms with Crippen molar-refractivity contribution in [3.05, 3.63) is 102 Å². The minimum absolute atomic E-state index is 0.139. The van der Waals surface area contributed by atoms with E-state index in [0.717, 1.165) is 48.0 Å². The van der Waals surface area contributed by atoms with Crippen LogP contribution in [0.5, 0.6) is 0 Å². The van der Waals surface area contributed by atoms with Crippen molar-refractivity contribution in [1.82, 2.24) is 69.0 Å². The summed E-state index contributed by atoms with van der Waals surface area (Å²) in [7, 11) is -0.358. The third-order valence-electron chi connectivity index (χ3n) is 10.8. The lowest BCUT2D eigenvalue weighted by atomic mass is 9.80. The van der Waals surface area contributed by atoms with Gasteiger partial charge in [0, 0.05) is 47.9 Å². The van der Waals surface area contributed by atoms with Gasteiger partial charge in [0.25, 0.3) is 11.8 Å². The largest absolute Gasteiger partial charge is 0.496 e. The summed E-state index contributed by atoms with van der Waals surface area (Å²) in [6, 6.07) is 15.5. The quantitative estimate of drug-likeness (QED) is 0.177. The predicted octanol–water partition coefficient (Wildman–Crippen LogP) is 4.39. The topological polar surface area (TPSA) is 197 Å². The van der Waals surface area contributed by atoms with Crippen molar-refractivity contribution in [3.63, 3.8) is 0 Å². The van der Waals surface area contributed by atoms with Crippen LogP contribution in [0.1, 0.15) is 81.3 Å². The zero-order chi connectivity index (χ0) is 47.1. The fraction of sp³-hybridized carbons (Fsp3) is 0.277. The van der Waals surface area contributed by atoms with E-state index in [2.05, 4.69) is 108 Å². The first-order valence-electron chi connectivity index (χ1n) is 21.1. The van der Waals surface area contributed by atoms with Crippen LogP contribution in [0.3, 0.4) is 0 Å². The van der Waals surface area contributed by atoms with Crippen LogP contribution in [-0.2, 0) is 9.31 Å². The smallest absolute Gasteiger partial charge is 0.399 e. The Hall–Kier alpha value is -7.88. The molecule has 2 saturated carbocycles. The first kappa shape index (κ1) is 45.7. The normalized spacial score (nSPS) is 15.1. The Morgan fingerprint density at radius 3 is 1.84 bits per heavy atom. The molecule has 1 saturated heterocycles. The summed E-state index contributed by atoms with van der Waals surface area (Å²) >= 11 is 3.34. The summed E-state index contributed by atoms with van der Waals surface area (Å²) in [5.41, 5.74) is 5.38. The highest BCUT2D eigenvalue weighted by Gasteiger charge is 2.51. The van der Waals surface area contributed by atoms with Gasteiger partial charge in [-0.3, -0.25) is 9.59 Å². The molecule has 2 N–H and O–H groups in total. The van der Waals surface area contributed by atoms with Crippen LogP contribution in [0.4, 0.5) is 0 Å². The molecule has 3 aliphatic rings. The average molecular weight is 958 g/mol. The molecule has 3 fully saturated rings. The molecule has 11 rings (SSSR count). The summed E-state index contributed by atoms with van der Waals surface area (Å²) in [6.07, 6.45) is 19.1. The lowest BCUT2D eigenvalue weighted by molar-refractivity contribution is 0.00578. The van der Waals surface area contributed by atoms with Crippen molar-refractivity contribution >= 4 is 62.9 Å². The Balaban J connectivity index is 0.000000127. The van der Waals surface area contributed by atoms with E-state index in [1.807, 2.05) is 76.5 Å². The SMILES string of the molecule is C#CC#CC#CC#CC.CC1(C)OB(c2ccc3ncnn3c2)OC1(C)C.O=C(NC1CC1)c1nc2cccnn2c1-c1ccc2ncnn2c1.O=C(NC1CC1)c1nc2cccnn2c1Br. The minimum Gasteiger partial charge on any atom is -0.399 e. The van der Waals surface area contributed by atoms with Crippen molar-refractivity contribution in [2.75, 3.05) is 0 Å². The Kier molecular flexibility index (Phi) is 13.4. The molecule has 8 aromatic rings. The number of pyridine rings is 2. The van der Waals surface area contributed by atoms with E-state index in [9.17, 15) is 9.59 Å². The second-order valence-electron chi connectivity index (χ2n) is 16.3. The number of fused-ring (bicyclic) bond motifs is 4. The van der Waals surface area contributed by atoms with Crippen molar-refractivity contribution in [1.29, 1.82) is 0 Å². The van der Waals surface area contributed by atoms with Crippen LogP contribution < -0.4 is 16.1 Å². The molecule has 0 spiro atoms. The molecule has 9 heterocycles. The number of aromatic nitrogens is 12. The van der Waals surface area contributed by atoms with Gasteiger partial charge in [0.2, 0.25) is 0 Å². The predicted molar refractivity (Wildman–Crippen MR) is 253 cm³/mol. The number of terminal acetylenes is 1. The fourth-order valence-corrected chi connectivity index (χ4v) is 6.92. The molecular weight excluding hydrogens is 915 g/mol. The number of hydrogen-bond acceptors (Lipinski definition) is 12. The van der Waals surface area contributed by atoms with E-state index in [4.69, 9.17) is 15.7 Å². The molecule has 8 aromatic heterocycles. The third kappa shape index (κ3) is 10.6. The minimum atomic E-state index is -0.358. The first-order valence-corrected chi connectivity index (χ1v) is 21.9. The van der Waals surface area contributed by atoms with E-state index < -0.39 is 0 Å². The van der Waals surface area contributed by atoms with Gasteiger partial charge in [-0.2, -0.15) is 20.4 Å². The van der Waals surface area contributed by atoms with Crippen LogP contribution in [0, 0.1) is 47.9 Å². The van der Waals surface area contributed by atoms with Crippen LogP contribution in [0.15, 0.2) is 90.6 Å². The molecule has 67 heavy (non-hydrogen) atoms. The van der Waals surface area contributed by atoms with Crippen LogP contribution in [0.25, 0.3) is 33.8 Å². The maximum Gasteiger partial charge on any atom is 0.496 e. The molecule has 334 valence electrons. The maximum atomic E-state index is 12.6. The van der Waals surface area contributed by atoms with Gasteiger partial charge in [-0.1, -0.05) is 12.0 Å². The Labute approximate surface area is 394 Å². The molecule has 18 nitrogen and oxygen atoms in total. The second-order valence-corrected chi connectivity index (χ2v) is 17.0. The fourth-order valence-electron chi connectivity index (χ4n) is 6.37. The van der Waals surface area contributed by atoms with Gasteiger partial charge < -0.3 is 19.9 Å². The highest BCUT2D eigenvalue weighted by molar-refractivity contribution is 9.10. The van der Waals surface area contributed by atoms with Crippen molar-refractivity contribution in [2.24, 2.45) is 0 Å². The van der Waals surface area contributed by atoms with E-state index in [1.165, 1.54) is 12.7 Å². The Bertz CT molecular complexity index is 3360. The zero-order valence-electron chi connectivity index (χ0n) is 37.1. The molecule has 2 amide bonds. The van der Waals surface area contributed by atoms with E-state index in [-0.39, 0.29) is 36.2 Å². The molecule has 0 atom stereocenters. The van der Waals surface area contributed by atoms with Crippen LogP contribution in [0.2, 0.25) is 0 Å². The third-order valence-corrected chi connectivity index (χ3v) is 11.5. The van der Waals surface area contributed by atoms with Gasteiger partial charge >= 0.3 is 7.12 Å². The van der Waals surface area contributed by atoms with E-state index in [0.29, 0.717) is 39.0 Å². The Morgan fingerprint density at radius 2 is 1.24 bits per heavy atom.